The number of ether oxygens (including phenoxy) is 2. The maximum Gasteiger partial charge on any atom is 0.225 e. The number of hydrogen-bond acceptors (Lipinski definition) is 6. The van der Waals surface area contributed by atoms with Gasteiger partial charge in [-0.2, -0.15) is 4.98 Å². The van der Waals surface area contributed by atoms with Gasteiger partial charge in [0.1, 0.15) is 5.82 Å². The minimum Gasteiger partial charge on any atom is -0.493 e. The summed E-state index contributed by atoms with van der Waals surface area (Å²) in [6, 6.07) is 14.1. The molecular formula is C23H28N4O2. The molecule has 0 bridgehead atoms. The number of nitrogens with one attached hydrogen (secondary N) is 2. The summed E-state index contributed by atoms with van der Waals surface area (Å²) in [4.78, 5) is 9.16. The molecule has 0 atom stereocenters. The third-order valence-electron chi connectivity index (χ3n) is 4.75. The van der Waals surface area contributed by atoms with E-state index in [0.717, 1.165) is 29.2 Å². The number of aromatic nitrogens is 2. The average molecular weight is 393 g/mol. The summed E-state index contributed by atoms with van der Waals surface area (Å²) in [5.41, 5.74) is 5.51. The molecule has 2 N–H and O–H groups in total. The van der Waals surface area contributed by atoms with Crippen LogP contribution in [0.3, 0.4) is 0 Å². The van der Waals surface area contributed by atoms with E-state index >= 15 is 0 Å². The zero-order valence-corrected chi connectivity index (χ0v) is 17.7. The Bertz CT molecular complexity index is 989. The van der Waals surface area contributed by atoms with Crippen molar-refractivity contribution in [3.05, 3.63) is 64.8 Å². The standard InChI is InChI=1S/C23H28N4O2/c1-6-18-9-7-8-15(2)22(18)26-21-12-16(3)25-23(27-21)24-14-17-10-11-19(28-4)20(13-17)29-5/h7-13H,6,14H2,1-5H3,(H2,24,25,26,27). The van der Waals surface area contributed by atoms with Gasteiger partial charge in [0.2, 0.25) is 5.95 Å². The molecule has 0 saturated heterocycles. The van der Waals surface area contributed by atoms with Gasteiger partial charge in [-0.3, -0.25) is 0 Å². The number of anilines is 3. The van der Waals surface area contributed by atoms with Crippen LogP contribution in [0.2, 0.25) is 0 Å². The van der Waals surface area contributed by atoms with Gasteiger partial charge in [-0.15, -0.1) is 0 Å². The molecule has 2 aromatic carbocycles. The largest absolute Gasteiger partial charge is 0.493 e. The minimum absolute atomic E-state index is 0.577. The Morgan fingerprint density at radius 2 is 1.72 bits per heavy atom. The minimum atomic E-state index is 0.577. The normalized spacial score (nSPS) is 10.5. The quantitative estimate of drug-likeness (QED) is 0.560. The molecule has 0 radical (unpaired) electrons. The van der Waals surface area contributed by atoms with E-state index in [0.29, 0.717) is 24.0 Å². The zero-order chi connectivity index (χ0) is 20.8. The fraction of sp³-hybridized carbons (Fsp3) is 0.304. The summed E-state index contributed by atoms with van der Waals surface area (Å²) >= 11 is 0. The second kappa shape index (κ2) is 9.28. The Morgan fingerprint density at radius 1 is 0.931 bits per heavy atom. The van der Waals surface area contributed by atoms with E-state index in [1.165, 1.54) is 11.1 Å². The van der Waals surface area contributed by atoms with Crippen molar-refractivity contribution in [3.8, 4) is 11.5 Å². The molecule has 3 rings (SSSR count). The molecule has 0 saturated carbocycles. The van der Waals surface area contributed by atoms with Gasteiger partial charge in [-0.25, -0.2) is 4.98 Å². The second-order valence-electron chi connectivity index (χ2n) is 6.85. The predicted octanol–water partition coefficient (Wildman–Crippen LogP) is 5.03. The molecule has 0 unspecified atom stereocenters. The lowest BCUT2D eigenvalue weighted by Crippen LogP contribution is -2.07. The smallest absolute Gasteiger partial charge is 0.225 e. The number of aryl methyl sites for hydroxylation is 3. The summed E-state index contributed by atoms with van der Waals surface area (Å²) in [5.74, 6) is 2.76. The van der Waals surface area contributed by atoms with Crippen LogP contribution in [0.15, 0.2) is 42.5 Å². The molecule has 3 aromatic rings. The monoisotopic (exact) mass is 392 g/mol. The van der Waals surface area contributed by atoms with Crippen molar-refractivity contribution in [2.24, 2.45) is 0 Å². The van der Waals surface area contributed by atoms with E-state index in [-0.39, 0.29) is 0 Å². The Labute approximate surface area is 172 Å². The molecule has 0 aliphatic heterocycles. The van der Waals surface area contributed by atoms with Crippen LogP contribution in [0, 0.1) is 13.8 Å². The van der Waals surface area contributed by atoms with Crippen LogP contribution in [-0.2, 0) is 13.0 Å². The van der Waals surface area contributed by atoms with Gasteiger partial charge in [0, 0.05) is 24.0 Å². The Hall–Kier alpha value is -3.28. The fourth-order valence-corrected chi connectivity index (χ4v) is 3.21. The predicted molar refractivity (Wildman–Crippen MR) is 117 cm³/mol. The fourth-order valence-electron chi connectivity index (χ4n) is 3.21. The van der Waals surface area contributed by atoms with E-state index < -0.39 is 0 Å². The molecule has 0 aliphatic carbocycles. The van der Waals surface area contributed by atoms with Gasteiger partial charge in [-0.1, -0.05) is 31.2 Å². The molecule has 0 spiro atoms. The Morgan fingerprint density at radius 3 is 2.45 bits per heavy atom. The highest BCUT2D eigenvalue weighted by Crippen LogP contribution is 2.28. The maximum atomic E-state index is 5.37. The van der Waals surface area contributed by atoms with Gasteiger partial charge in [0.25, 0.3) is 0 Å². The van der Waals surface area contributed by atoms with Crippen molar-refractivity contribution in [3.63, 3.8) is 0 Å². The summed E-state index contributed by atoms with van der Waals surface area (Å²) in [7, 11) is 3.26. The second-order valence-corrected chi connectivity index (χ2v) is 6.85. The van der Waals surface area contributed by atoms with Crippen molar-refractivity contribution < 1.29 is 9.47 Å². The number of hydrogen-bond donors (Lipinski definition) is 2. The van der Waals surface area contributed by atoms with Crippen molar-refractivity contribution in [1.29, 1.82) is 0 Å². The molecule has 1 aromatic heterocycles. The molecule has 152 valence electrons. The van der Waals surface area contributed by atoms with Gasteiger partial charge < -0.3 is 20.1 Å². The number of nitrogens with zero attached hydrogens (tertiary/aromatic N) is 2. The highest BCUT2D eigenvalue weighted by Gasteiger charge is 2.09. The zero-order valence-electron chi connectivity index (χ0n) is 17.7. The summed E-state index contributed by atoms with van der Waals surface area (Å²) in [6.45, 7) is 6.80. The lowest BCUT2D eigenvalue weighted by molar-refractivity contribution is 0.354. The van der Waals surface area contributed by atoms with Crippen LogP contribution in [0.5, 0.6) is 11.5 Å². The van der Waals surface area contributed by atoms with Gasteiger partial charge in [-0.05, 0) is 49.1 Å². The first-order chi connectivity index (χ1) is 14.0. The molecule has 1 heterocycles. The first-order valence-corrected chi connectivity index (χ1v) is 9.70. The lowest BCUT2D eigenvalue weighted by Gasteiger charge is -2.15. The third-order valence-corrected chi connectivity index (χ3v) is 4.75. The van der Waals surface area contributed by atoms with Crippen LogP contribution < -0.4 is 20.1 Å². The summed E-state index contributed by atoms with van der Waals surface area (Å²) < 4.78 is 10.7. The number of para-hydroxylation sites is 1. The van der Waals surface area contributed by atoms with Crippen molar-refractivity contribution in [2.75, 3.05) is 24.9 Å². The van der Waals surface area contributed by atoms with Crippen LogP contribution >= 0.6 is 0 Å². The van der Waals surface area contributed by atoms with Crippen molar-refractivity contribution in [1.82, 2.24) is 9.97 Å². The molecule has 29 heavy (non-hydrogen) atoms. The Balaban J connectivity index is 1.78. The Kier molecular flexibility index (Phi) is 6.54. The van der Waals surface area contributed by atoms with E-state index in [1.54, 1.807) is 14.2 Å². The number of methoxy groups -OCH3 is 2. The van der Waals surface area contributed by atoms with Gasteiger partial charge in [0.15, 0.2) is 11.5 Å². The third kappa shape index (κ3) is 4.96. The highest BCUT2D eigenvalue weighted by atomic mass is 16.5. The van der Waals surface area contributed by atoms with E-state index in [4.69, 9.17) is 9.47 Å². The molecule has 6 nitrogen and oxygen atoms in total. The van der Waals surface area contributed by atoms with Gasteiger partial charge >= 0.3 is 0 Å². The topological polar surface area (TPSA) is 68.3 Å². The SMILES string of the molecule is CCc1cccc(C)c1Nc1cc(C)nc(NCc2ccc(OC)c(OC)c2)n1. The van der Waals surface area contributed by atoms with Crippen LogP contribution in [0.4, 0.5) is 17.5 Å². The molecule has 0 amide bonds. The number of benzene rings is 2. The lowest BCUT2D eigenvalue weighted by atomic mass is 10.1. The van der Waals surface area contributed by atoms with Crippen LogP contribution in [0.1, 0.15) is 29.3 Å². The van der Waals surface area contributed by atoms with E-state index in [1.807, 2.05) is 31.2 Å². The molecule has 0 aliphatic rings. The van der Waals surface area contributed by atoms with Crippen LogP contribution in [-0.4, -0.2) is 24.2 Å². The van der Waals surface area contributed by atoms with Crippen LogP contribution in [0.25, 0.3) is 0 Å². The van der Waals surface area contributed by atoms with E-state index in [2.05, 4.69) is 52.6 Å². The average Bonchev–Trinajstić information content (AvgIpc) is 2.73. The first kappa shape index (κ1) is 20.5. The molecular weight excluding hydrogens is 364 g/mol. The van der Waals surface area contributed by atoms with Gasteiger partial charge in [0.05, 0.1) is 14.2 Å². The highest BCUT2D eigenvalue weighted by molar-refractivity contribution is 5.65. The van der Waals surface area contributed by atoms with E-state index in [9.17, 15) is 0 Å². The summed E-state index contributed by atoms with van der Waals surface area (Å²) in [6.07, 6.45) is 0.957. The summed E-state index contributed by atoms with van der Waals surface area (Å²) in [5, 5.41) is 6.78. The van der Waals surface area contributed by atoms with Crippen molar-refractivity contribution >= 4 is 17.5 Å². The number of rotatable bonds is 8. The molecule has 6 heteroatoms. The molecule has 0 fully saturated rings. The van der Waals surface area contributed by atoms with Crippen molar-refractivity contribution in [2.45, 2.75) is 33.7 Å². The maximum absolute atomic E-state index is 5.37. The first-order valence-electron chi connectivity index (χ1n) is 9.70.